The van der Waals surface area contributed by atoms with Crippen molar-refractivity contribution in [3.8, 4) is 0 Å². The molecule has 1 aromatic heterocycles. The Morgan fingerprint density at radius 1 is 1.47 bits per heavy atom. The maximum absolute atomic E-state index is 11.6. The fourth-order valence-electron chi connectivity index (χ4n) is 0.963. The number of hydrogen-bond acceptors (Lipinski definition) is 5. The Kier molecular flexibility index (Phi) is 3.79. The molecule has 1 heterocycles. The number of hydrogen-bond donors (Lipinski definition) is 0. The zero-order valence-corrected chi connectivity index (χ0v) is 9.03. The van der Waals surface area contributed by atoms with Gasteiger partial charge >= 0.3 is 5.97 Å². The summed E-state index contributed by atoms with van der Waals surface area (Å²) in [6.45, 7) is 1.78. The lowest BCUT2D eigenvalue weighted by atomic mass is 10.5. The summed E-state index contributed by atoms with van der Waals surface area (Å²) in [4.78, 5) is 14.7. The van der Waals surface area contributed by atoms with Crippen molar-refractivity contribution in [1.82, 2.24) is 4.98 Å². The van der Waals surface area contributed by atoms with Crippen LogP contribution in [0.5, 0.6) is 0 Å². The first-order chi connectivity index (χ1) is 7.06. The molecule has 0 radical (unpaired) electrons. The molecule has 0 aliphatic rings. The monoisotopic (exact) mass is 229 g/mol. The molecular weight excluding hydrogens is 218 g/mol. The normalized spacial score (nSPS) is 11.0. The molecule has 0 saturated carbocycles. The second-order valence-corrected chi connectivity index (χ2v) is 4.67. The zero-order chi connectivity index (χ0) is 11.3. The van der Waals surface area contributed by atoms with Crippen LogP contribution < -0.4 is 0 Å². The quantitative estimate of drug-likeness (QED) is 0.699. The largest absolute Gasteiger partial charge is 0.465 e. The van der Waals surface area contributed by atoms with Crippen LogP contribution in [-0.4, -0.2) is 31.7 Å². The van der Waals surface area contributed by atoms with Crippen LogP contribution >= 0.6 is 0 Å². The van der Waals surface area contributed by atoms with E-state index in [1.54, 1.807) is 19.1 Å². The molecule has 0 unspecified atom stereocenters. The van der Waals surface area contributed by atoms with Crippen LogP contribution in [0.15, 0.2) is 29.4 Å². The second-order valence-electron chi connectivity index (χ2n) is 2.73. The van der Waals surface area contributed by atoms with Crippen molar-refractivity contribution < 1.29 is 17.9 Å². The summed E-state index contributed by atoms with van der Waals surface area (Å²) >= 11 is 0. The minimum Gasteiger partial charge on any atom is -0.465 e. The molecule has 15 heavy (non-hydrogen) atoms. The van der Waals surface area contributed by atoms with Crippen molar-refractivity contribution in [1.29, 1.82) is 0 Å². The first-order valence-corrected chi connectivity index (χ1v) is 6.01. The number of nitrogens with zero attached hydrogens (tertiary/aromatic N) is 1. The SMILES string of the molecule is CCOC(=O)CS(=O)(=O)c1ccccn1. The van der Waals surface area contributed by atoms with Crippen LogP contribution in [0.4, 0.5) is 0 Å². The van der Waals surface area contributed by atoms with Crippen LogP contribution in [0.1, 0.15) is 6.92 Å². The molecule has 5 nitrogen and oxygen atoms in total. The van der Waals surface area contributed by atoms with E-state index in [1.165, 1.54) is 12.3 Å². The number of ether oxygens (including phenoxy) is 1. The van der Waals surface area contributed by atoms with E-state index in [0.717, 1.165) is 0 Å². The number of sulfone groups is 1. The minimum absolute atomic E-state index is 0.113. The number of rotatable bonds is 4. The second kappa shape index (κ2) is 4.88. The highest BCUT2D eigenvalue weighted by molar-refractivity contribution is 7.92. The fraction of sp³-hybridized carbons (Fsp3) is 0.333. The molecule has 0 atom stereocenters. The van der Waals surface area contributed by atoms with Gasteiger partial charge in [-0.15, -0.1) is 0 Å². The predicted octanol–water partition coefficient (Wildman–Crippen LogP) is 0.418. The Morgan fingerprint density at radius 2 is 2.20 bits per heavy atom. The minimum atomic E-state index is -3.67. The molecule has 1 rings (SSSR count). The third-order valence-corrected chi connectivity index (χ3v) is 3.06. The Balaban J connectivity index is 2.81. The Labute approximate surface area is 88.0 Å². The van der Waals surface area contributed by atoms with Crippen molar-refractivity contribution >= 4 is 15.8 Å². The number of carbonyl (C=O) groups excluding carboxylic acids is 1. The van der Waals surface area contributed by atoms with Crippen molar-refractivity contribution in [2.45, 2.75) is 11.9 Å². The van der Waals surface area contributed by atoms with E-state index >= 15 is 0 Å². The number of carbonyl (C=O) groups is 1. The molecule has 0 aromatic carbocycles. The highest BCUT2D eigenvalue weighted by Gasteiger charge is 2.20. The van der Waals surface area contributed by atoms with Gasteiger partial charge in [0.25, 0.3) is 0 Å². The summed E-state index contributed by atoms with van der Waals surface area (Å²) < 4.78 is 27.7. The van der Waals surface area contributed by atoms with Gasteiger partial charge in [-0.05, 0) is 19.1 Å². The van der Waals surface area contributed by atoms with E-state index in [0.29, 0.717) is 0 Å². The summed E-state index contributed by atoms with van der Waals surface area (Å²) in [6.07, 6.45) is 1.36. The smallest absolute Gasteiger partial charge is 0.321 e. The third-order valence-electron chi connectivity index (χ3n) is 1.57. The predicted molar refractivity (Wildman–Crippen MR) is 52.9 cm³/mol. The highest BCUT2D eigenvalue weighted by atomic mass is 32.2. The zero-order valence-electron chi connectivity index (χ0n) is 8.21. The first kappa shape index (κ1) is 11.6. The van der Waals surface area contributed by atoms with Gasteiger partial charge in [-0.1, -0.05) is 6.07 Å². The van der Waals surface area contributed by atoms with Gasteiger partial charge in [-0.3, -0.25) is 4.79 Å². The standard InChI is InChI=1S/C9H11NO4S/c1-2-14-9(11)7-15(12,13)8-5-3-4-6-10-8/h3-6H,2,7H2,1H3. The lowest BCUT2D eigenvalue weighted by Crippen LogP contribution is -2.19. The Bertz CT molecular complexity index is 427. The van der Waals surface area contributed by atoms with E-state index in [4.69, 9.17) is 0 Å². The van der Waals surface area contributed by atoms with Crippen LogP contribution in [0.3, 0.4) is 0 Å². The summed E-state index contributed by atoms with van der Waals surface area (Å²) in [5.41, 5.74) is 0. The van der Waals surface area contributed by atoms with Gasteiger partial charge in [0, 0.05) is 6.20 Å². The molecule has 6 heteroatoms. The molecule has 0 aliphatic heterocycles. The number of pyridine rings is 1. The Hall–Kier alpha value is -1.43. The molecule has 0 saturated heterocycles. The molecular formula is C9H11NO4S. The van der Waals surface area contributed by atoms with Crippen LogP contribution in [0, 0.1) is 0 Å². The van der Waals surface area contributed by atoms with Gasteiger partial charge in [0.1, 0.15) is 0 Å². The molecule has 1 aromatic rings. The van der Waals surface area contributed by atoms with E-state index < -0.39 is 21.6 Å². The first-order valence-electron chi connectivity index (χ1n) is 4.35. The molecule has 0 bridgehead atoms. The van der Waals surface area contributed by atoms with E-state index in [-0.39, 0.29) is 11.6 Å². The molecule has 82 valence electrons. The average molecular weight is 229 g/mol. The van der Waals surface area contributed by atoms with Gasteiger partial charge in [0.15, 0.2) is 10.8 Å². The van der Waals surface area contributed by atoms with Gasteiger partial charge in [-0.2, -0.15) is 0 Å². The summed E-state index contributed by atoms with van der Waals surface area (Å²) in [6, 6.07) is 4.49. The van der Waals surface area contributed by atoms with Crippen LogP contribution in [-0.2, 0) is 19.4 Å². The third kappa shape index (κ3) is 3.32. The number of esters is 1. The summed E-state index contributed by atoms with van der Waals surface area (Å²) in [7, 11) is -3.67. The topological polar surface area (TPSA) is 73.3 Å². The maximum Gasteiger partial charge on any atom is 0.321 e. The van der Waals surface area contributed by atoms with Gasteiger partial charge < -0.3 is 4.74 Å². The van der Waals surface area contributed by atoms with Crippen molar-refractivity contribution in [2.24, 2.45) is 0 Å². The fourth-order valence-corrected chi connectivity index (χ4v) is 2.01. The van der Waals surface area contributed by atoms with E-state index in [9.17, 15) is 13.2 Å². The maximum atomic E-state index is 11.6. The molecule has 0 spiro atoms. The Morgan fingerprint density at radius 3 is 2.73 bits per heavy atom. The molecule has 0 N–H and O–H groups in total. The molecule has 0 amide bonds. The molecule has 0 fully saturated rings. The van der Waals surface area contributed by atoms with E-state index in [2.05, 4.69) is 9.72 Å². The lowest BCUT2D eigenvalue weighted by molar-refractivity contribution is -0.139. The van der Waals surface area contributed by atoms with Gasteiger partial charge in [-0.25, -0.2) is 13.4 Å². The summed E-state index contributed by atoms with van der Waals surface area (Å²) in [5, 5.41) is -0.113. The van der Waals surface area contributed by atoms with E-state index in [1.807, 2.05) is 0 Å². The van der Waals surface area contributed by atoms with Crippen LogP contribution in [0.2, 0.25) is 0 Å². The van der Waals surface area contributed by atoms with Crippen molar-refractivity contribution in [2.75, 3.05) is 12.4 Å². The van der Waals surface area contributed by atoms with Crippen molar-refractivity contribution in [3.63, 3.8) is 0 Å². The van der Waals surface area contributed by atoms with Crippen molar-refractivity contribution in [3.05, 3.63) is 24.4 Å². The number of aromatic nitrogens is 1. The van der Waals surface area contributed by atoms with Gasteiger partial charge in [0.05, 0.1) is 6.61 Å². The molecule has 0 aliphatic carbocycles. The average Bonchev–Trinajstić information content (AvgIpc) is 2.18. The lowest BCUT2D eigenvalue weighted by Gasteiger charge is -2.02. The summed E-state index contributed by atoms with van der Waals surface area (Å²) in [5.74, 6) is -1.43. The highest BCUT2D eigenvalue weighted by Crippen LogP contribution is 2.06. The van der Waals surface area contributed by atoms with Gasteiger partial charge in [0.2, 0.25) is 9.84 Å². The van der Waals surface area contributed by atoms with Crippen LogP contribution in [0.25, 0.3) is 0 Å².